The molecular formula is C23H26F3N3O. The highest BCUT2D eigenvalue weighted by Gasteiger charge is 2.30. The third kappa shape index (κ3) is 4.52. The highest BCUT2D eigenvalue weighted by atomic mass is 19.4. The van der Waals surface area contributed by atoms with E-state index in [1.165, 1.54) is 23.3 Å². The first-order valence-corrected chi connectivity index (χ1v) is 10.4. The van der Waals surface area contributed by atoms with Gasteiger partial charge in [-0.2, -0.15) is 13.2 Å². The first kappa shape index (κ1) is 20.9. The standard InChI is InChI=1S/C23H26F3N3O/c1-28-11-13-29(14-12-28)21-4-2-3-16-7-10-19(15-20(16)21)27-22(30)17-5-8-18(9-6-17)23(24,25)26/h5-10,15,21H,2-4,11-14H2,1H3,(H,27,30). The van der Waals surface area contributed by atoms with Crippen molar-refractivity contribution in [2.75, 3.05) is 38.5 Å². The van der Waals surface area contributed by atoms with Gasteiger partial charge in [0, 0.05) is 43.5 Å². The molecule has 1 fully saturated rings. The number of fused-ring (bicyclic) bond motifs is 1. The number of rotatable bonds is 3. The van der Waals surface area contributed by atoms with Crippen LogP contribution < -0.4 is 5.32 Å². The summed E-state index contributed by atoms with van der Waals surface area (Å²) in [5, 5.41) is 2.85. The van der Waals surface area contributed by atoms with Gasteiger partial charge in [-0.3, -0.25) is 9.69 Å². The average Bonchev–Trinajstić information content (AvgIpc) is 2.73. The van der Waals surface area contributed by atoms with Gasteiger partial charge in [0.2, 0.25) is 0 Å². The molecule has 30 heavy (non-hydrogen) atoms. The Morgan fingerprint density at radius 2 is 1.73 bits per heavy atom. The molecule has 1 aliphatic carbocycles. The lowest BCUT2D eigenvalue weighted by atomic mass is 9.86. The van der Waals surface area contributed by atoms with Crippen molar-refractivity contribution in [3.63, 3.8) is 0 Å². The van der Waals surface area contributed by atoms with Gasteiger partial charge in [-0.15, -0.1) is 0 Å². The number of nitrogens with zero attached hydrogens (tertiary/aromatic N) is 2. The number of aryl methyl sites for hydroxylation is 1. The van der Waals surface area contributed by atoms with E-state index in [2.05, 4.69) is 28.2 Å². The molecule has 1 heterocycles. The molecule has 2 aromatic carbocycles. The average molecular weight is 417 g/mol. The number of benzene rings is 2. The van der Waals surface area contributed by atoms with Crippen molar-refractivity contribution < 1.29 is 18.0 Å². The summed E-state index contributed by atoms with van der Waals surface area (Å²) in [6.45, 7) is 4.16. The van der Waals surface area contributed by atoms with Gasteiger partial charge in [0.05, 0.1) is 5.56 Å². The summed E-state index contributed by atoms with van der Waals surface area (Å²) >= 11 is 0. The van der Waals surface area contributed by atoms with E-state index in [-0.39, 0.29) is 5.56 Å². The van der Waals surface area contributed by atoms with Crippen LogP contribution in [0.2, 0.25) is 0 Å². The number of amides is 1. The van der Waals surface area contributed by atoms with Gasteiger partial charge in [0.1, 0.15) is 0 Å². The van der Waals surface area contributed by atoms with Crippen LogP contribution >= 0.6 is 0 Å². The minimum absolute atomic E-state index is 0.205. The second-order valence-corrected chi connectivity index (χ2v) is 8.19. The Kier molecular flexibility index (Phi) is 5.84. The zero-order chi connectivity index (χ0) is 21.3. The van der Waals surface area contributed by atoms with Crippen molar-refractivity contribution in [3.05, 3.63) is 64.7 Å². The Morgan fingerprint density at radius 1 is 1.03 bits per heavy atom. The summed E-state index contributed by atoms with van der Waals surface area (Å²) in [5.74, 6) is -0.407. The summed E-state index contributed by atoms with van der Waals surface area (Å²) in [7, 11) is 2.14. The lowest BCUT2D eigenvalue weighted by Crippen LogP contribution is -2.46. The molecule has 1 N–H and O–H groups in total. The minimum atomic E-state index is -4.41. The van der Waals surface area contributed by atoms with E-state index < -0.39 is 17.6 Å². The predicted molar refractivity (Wildman–Crippen MR) is 111 cm³/mol. The van der Waals surface area contributed by atoms with E-state index in [0.29, 0.717) is 11.7 Å². The van der Waals surface area contributed by atoms with Gasteiger partial charge >= 0.3 is 6.18 Å². The van der Waals surface area contributed by atoms with Gasteiger partial charge in [-0.1, -0.05) is 6.07 Å². The van der Waals surface area contributed by atoms with Crippen molar-refractivity contribution in [3.8, 4) is 0 Å². The maximum atomic E-state index is 12.7. The highest BCUT2D eigenvalue weighted by molar-refractivity contribution is 6.04. The molecule has 2 aliphatic rings. The number of hydrogen-bond acceptors (Lipinski definition) is 3. The van der Waals surface area contributed by atoms with Crippen LogP contribution in [0.4, 0.5) is 18.9 Å². The van der Waals surface area contributed by atoms with Crippen LogP contribution in [0.25, 0.3) is 0 Å². The smallest absolute Gasteiger partial charge is 0.322 e. The molecule has 2 aromatic rings. The normalized spacial score (nSPS) is 20.6. The summed E-state index contributed by atoms with van der Waals surface area (Å²) in [6.07, 6.45) is -1.12. The van der Waals surface area contributed by atoms with E-state index in [9.17, 15) is 18.0 Å². The van der Waals surface area contributed by atoms with Crippen molar-refractivity contribution in [1.82, 2.24) is 9.80 Å². The lowest BCUT2D eigenvalue weighted by molar-refractivity contribution is -0.137. The van der Waals surface area contributed by atoms with Crippen molar-refractivity contribution in [2.45, 2.75) is 31.5 Å². The van der Waals surface area contributed by atoms with E-state index in [0.717, 1.165) is 57.6 Å². The Bertz CT molecular complexity index is 903. The van der Waals surface area contributed by atoms with Crippen LogP contribution in [-0.4, -0.2) is 48.9 Å². The lowest BCUT2D eigenvalue weighted by Gasteiger charge is -2.40. The molecule has 1 unspecified atom stereocenters. The number of anilines is 1. The first-order chi connectivity index (χ1) is 14.3. The molecule has 1 amide bonds. The van der Waals surface area contributed by atoms with Crippen LogP contribution in [0.15, 0.2) is 42.5 Å². The van der Waals surface area contributed by atoms with Gasteiger partial charge in [0.15, 0.2) is 0 Å². The highest BCUT2D eigenvalue weighted by Crippen LogP contribution is 2.36. The maximum absolute atomic E-state index is 12.7. The Labute approximate surface area is 174 Å². The van der Waals surface area contributed by atoms with Crippen LogP contribution in [0.1, 0.15) is 45.9 Å². The zero-order valence-electron chi connectivity index (χ0n) is 17.0. The Balaban J connectivity index is 1.50. The Morgan fingerprint density at radius 3 is 2.40 bits per heavy atom. The molecule has 0 radical (unpaired) electrons. The third-order valence-corrected chi connectivity index (χ3v) is 6.14. The van der Waals surface area contributed by atoms with Gasteiger partial charge in [-0.05, 0) is 73.8 Å². The van der Waals surface area contributed by atoms with Crippen LogP contribution in [0.3, 0.4) is 0 Å². The number of alkyl halides is 3. The monoisotopic (exact) mass is 417 g/mol. The van der Waals surface area contributed by atoms with E-state index in [1.807, 2.05) is 12.1 Å². The largest absolute Gasteiger partial charge is 0.416 e. The third-order valence-electron chi connectivity index (χ3n) is 6.14. The molecule has 7 heteroatoms. The summed E-state index contributed by atoms with van der Waals surface area (Å²) in [4.78, 5) is 17.4. The van der Waals surface area contributed by atoms with Crippen molar-refractivity contribution in [1.29, 1.82) is 0 Å². The molecule has 0 aromatic heterocycles. The number of nitrogens with one attached hydrogen (secondary N) is 1. The van der Waals surface area contributed by atoms with E-state index in [4.69, 9.17) is 0 Å². The quantitative estimate of drug-likeness (QED) is 0.794. The summed E-state index contributed by atoms with van der Waals surface area (Å²) in [5.41, 5.74) is 2.70. The molecule has 0 spiro atoms. The van der Waals surface area contributed by atoms with Crippen LogP contribution in [0.5, 0.6) is 0 Å². The topological polar surface area (TPSA) is 35.6 Å². The van der Waals surface area contributed by atoms with Gasteiger partial charge in [-0.25, -0.2) is 0 Å². The molecular weight excluding hydrogens is 391 g/mol. The number of halogens is 3. The first-order valence-electron chi connectivity index (χ1n) is 10.4. The second kappa shape index (κ2) is 8.40. The molecule has 160 valence electrons. The van der Waals surface area contributed by atoms with Gasteiger partial charge in [0.25, 0.3) is 5.91 Å². The van der Waals surface area contributed by atoms with Crippen molar-refractivity contribution in [2.24, 2.45) is 0 Å². The summed E-state index contributed by atoms with van der Waals surface area (Å²) < 4.78 is 38.2. The number of likely N-dealkylation sites (N-methyl/N-ethyl adjacent to an activating group) is 1. The minimum Gasteiger partial charge on any atom is -0.322 e. The SMILES string of the molecule is CN1CCN(C2CCCc3ccc(NC(=O)c4ccc(C(F)(F)F)cc4)cc32)CC1. The molecule has 1 atom stereocenters. The zero-order valence-corrected chi connectivity index (χ0v) is 17.0. The summed E-state index contributed by atoms with van der Waals surface area (Å²) in [6, 6.07) is 10.6. The maximum Gasteiger partial charge on any atom is 0.416 e. The fourth-order valence-corrected chi connectivity index (χ4v) is 4.38. The number of hydrogen-bond donors (Lipinski definition) is 1. The number of piperazine rings is 1. The fourth-order valence-electron chi connectivity index (χ4n) is 4.38. The molecule has 4 nitrogen and oxygen atoms in total. The molecule has 1 aliphatic heterocycles. The Hall–Kier alpha value is -2.38. The van der Waals surface area contributed by atoms with Crippen molar-refractivity contribution >= 4 is 11.6 Å². The van der Waals surface area contributed by atoms with Crippen LogP contribution in [-0.2, 0) is 12.6 Å². The molecule has 1 saturated heterocycles. The van der Waals surface area contributed by atoms with Gasteiger partial charge < -0.3 is 10.2 Å². The second-order valence-electron chi connectivity index (χ2n) is 8.19. The predicted octanol–water partition coefficient (Wildman–Crippen LogP) is 4.58. The number of carbonyl (C=O) groups is 1. The fraction of sp³-hybridized carbons (Fsp3) is 0.435. The van der Waals surface area contributed by atoms with E-state index >= 15 is 0 Å². The molecule has 0 saturated carbocycles. The van der Waals surface area contributed by atoms with Crippen LogP contribution in [0, 0.1) is 0 Å². The molecule has 0 bridgehead atoms. The molecule has 4 rings (SSSR count). The van der Waals surface area contributed by atoms with E-state index in [1.54, 1.807) is 0 Å². The number of carbonyl (C=O) groups excluding carboxylic acids is 1.